The Morgan fingerprint density at radius 2 is 2.00 bits per heavy atom. The fourth-order valence-corrected chi connectivity index (χ4v) is 1.64. The van der Waals surface area contributed by atoms with Crippen molar-refractivity contribution in [2.24, 2.45) is 0 Å². The normalized spacial score (nSPS) is 10.4. The molecule has 0 atom stereocenters. The summed E-state index contributed by atoms with van der Waals surface area (Å²) in [6.45, 7) is 4.38. The first-order valence-corrected chi connectivity index (χ1v) is 5.66. The number of nitrogens with one attached hydrogen (secondary N) is 1. The molecule has 0 fully saturated rings. The Bertz CT molecular complexity index is 260. The molecule has 1 aromatic carbocycles. The van der Waals surface area contributed by atoms with Crippen molar-refractivity contribution in [3.05, 3.63) is 34.9 Å². The molecule has 0 heterocycles. The second-order valence-corrected chi connectivity index (χ2v) is 3.85. The molecule has 78 valence electrons. The van der Waals surface area contributed by atoms with E-state index in [0.29, 0.717) is 0 Å². The van der Waals surface area contributed by atoms with Gasteiger partial charge in [0.2, 0.25) is 0 Å². The first-order valence-electron chi connectivity index (χ1n) is 5.28. The Morgan fingerprint density at radius 1 is 1.21 bits per heavy atom. The van der Waals surface area contributed by atoms with Crippen molar-refractivity contribution in [3.63, 3.8) is 0 Å². The summed E-state index contributed by atoms with van der Waals surface area (Å²) in [4.78, 5) is 0. The summed E-state index contributed by atoms with van der Waals surface area (Å²) in [5.41, 5.74) is 1.26. The van der Waals surface area contributed by atoms with E-state index in [-0.39, 0.29) is 0 Å². The zero-order valence-corrected chi connectivity index (χ0v) is 9.48. The Hall–Kier alpha value is -0.530. The number of halogens is 1. The van der Waals surface area contributed by atoms with Crippen LogP contribution in [0.2, 0.25) is 5.02 Å². The summed E-state index contributed by atoms with van der Waals surface area (Å²) in [5, 5.41) is 4.27. The van der Waals surface area contributed by atoms with Gasteiger partial charge in [0.1, 0.15) is 0 Å². The van der Waals surface area contributed by atoms with Crippen LogP contribution in [0.3, 0.4) is 0 Å². The summed E-state index contributed by atoms with van der Waals surface area (Å²) >= 11 is 6.04. The van der Waals surface area contributed by atoms with Gasteiger partial charge in [-0.2, -0.15) is 0 Å². The van der Waals surface area contributed by atoms with E-state index in [1.54, 1.807) is 0 Å². The fraction of sp³-hybridized carbons (Fsp3) is 0.500. The predicted octanol–water partition coefficient (Wildman–Crippen LogP) is 3.27. The summed E-state index contributed by atoms with van der Waals surface area (Å²) in [6, 6.07) is 8.07. The molecule has 0 saturated heterocycles. The molecule has 0 saturated carbocycles. The second-order valence-electron chi connectivity index (χ2n) is 3.44. The molecule has 0 bridgehead atoms. The summed E-state index contributed by atoms with van der Waals surface area (Å²) in [7, 11) is 0. The van der Waals surface area contributed by atoms with Gasteiger partial charge in [0.25, 0.3) is 0 Å². The molecule has 0 aliphatic heterocycles. The molecule has 1 rings (SSSR count). The van der Waals surface area contributed by atoms with Gasteiger partial charge < -0.3 is 5.32 Å². The number of aryl methyl sites for hydroxylation is 1. The molecule has 0 aromatic heterocycles. The van der Waals surface area contributed by atoms with E-state index in [9.17, 15) is 0 Å². The molecule has 0 unspecified atom stereocenters. The van der Waals surface area contributed by atoms with Crippen LogP contribution < -0.4 is 5.32 Å². The van der Waals surface area contributed by atoms with Gasteiger partial charge in [0, 0.05) is 5.02 Å². The zero-order chi connectivity index (χ0) is 10.2. The zero-order valence-electron chi connectivity index (χ0n) is 8.72. The van der Waals surface area contributed by atoms with Crippen molar-refractivity contribution in [1.82, 2.24) is 5.32 Å². The highest BCUT2D eigenvalue weighted by molar-refractivity contribution is 6.31. The van der Waals surface area contributed by atoms with Crippen LogP contribution in [-0.2, 0) is 6.42 Å². The van der Waals surface area contributed by atoms with Crippen LogP contribution in [0.15, 0.2) is 24.3 Å². The third-order valence-corrected chi connectivity index (χ3v) is 2.55. The number of benzene rings is 1. The van der Waals surface area contributed by atoms with Gasteiger partial charge >= 0.3 is 0 Å². The lowest BCUT2D eigenvalue weighted by Gasteiger charge is -2.04. The van der Waals surface area contributed by atoms with E-state index in [1.807, 2.05) is 18.2 Å². The van der Waals surface area contributed by atoms with Crippen LogP contribution in [0.1, 0.15) is 25.3 Å². The monoisotopic (exact) mass is 211 g/mol. The van der Waals surface area contributed by atoms with Gasteiger partial charge in [-0.05, 0) is 44.0 Å². The summed E-state index contributed by atoms with van der Waals surface area (Å²) < 4.78 is 0. The van der Waals surface area contributed by atoms with Gasteiger partial charge in [0.15, 0.2) is 0 Å². The van der Waals surface area contributed by atoms with Crippen molar-refractivity contribution in [1.29, 1.82) is 0 Å². The minimum Gasteiger partial charge on any atom is -0.317 e. The molecule has 1 aromatic rings. The Kier molecular flexibility index (Phi) is 5.65. The van der Waals surface area contributed by atoms with Crippen molar-refractivity contribution in [2.45, 2.75) is 26.2 Å². The van der Waals surface area contributed by atoms with Crippen molar-refractivity contribution >= 4 is 11.6 Å². The van der Waals surface area contributed by atoms with E-state index < -0.39 is 0 Å². The quantitative estimate of drug-likeness (QED) is 0.713. The van der Waals surface area contributed by atoms with Gasteiger partial charge in [-0.3, -0.25) is 0 Å². The number of rotatable bonds is 6. The standard InChI is InChI=1S/C12H18ClN/c1-2-9-14-10-5-7-11-6-3-4-8-12(11)13/h3-4,6,8,14H,2,5,7,9-10H2,1H3. The van der Waals surface area contributed by atoms with Crippen molar-refractivity contribution in [3.8, 4) is 0 Å². The molecule has 0 spiro atoms. The molecule has 0 amide bonds. The van der Waals surface area contributed by atoms with Crippen molar-refractivity contribution < 1.29 is 0 Å². The first-order chi connectivity index (χ1) is 6.84. The largest absolute Gasteiger partial charge is 0.317 e. The maximum Gasteiger partial charge on any atom is 0.0437 e. The lowest BCUT2D eigenvalue weighted by atomic mass is 10.1. The Morgan fingerprint density at radius 3 is 2.71 bits per heavy atom. The summed E-state index contributed by atoms with van der Waals surface area (Å²) in [5.74, 6) is 0. The number of hydrogen-bond acceptors (Lipinski definition) is 1. The summed E-state index contributed by atoms with van der Waals surface area (Å²) in [6.07, 6.45) is 3.42. The van der Waals surface area contributed by atoms with Gasteiger partial charge in [0.05, 0.1) is 0 Å². The van der Waals surface area contributed by atoms with Crippen LogP contribution in [0, 0.1) is 0 Å². The minimum absolute atomic E-state index is 0.892. The van der Waals surface area contributed by atoms with Crippen LogP contribution >= 0.6 is 11.6 Å². The molecule has 1 N–H and O–H groups in total. The van der Waals surface area contributed by atoms with Crippen LogP contribution in [-0.4, -0.2) is 13.1 Å². The number of hydrogen-bond donors (Lipinski definition) is 1. The predicted molar refractivity (Wildman–Crippen MR) is 62.9 cm³/mol. The third-order valence-electron chi connectivity index (χ3n) is 2.18. The SMILES string of the molecule is CCCNCCCc1ccccc1Cl. The smallest absolute Gasteiger partial charge is 0.0437 e. The maximum absolute atomic E-state index is 6.04. The molecule has 2 heteroatoms. The molecule has 14 heavy (non-hydrogen) atoms. The average molecular weight is 212 g/mol. The van der Waals surface area contributed by atoms with Crippen LogP contribution in [0.25, 0.3) is 0 Å². The van der Waals surface area contributed by atoms with Crippen molar-refractivity contribution in [2.75, 3.05) is 13.1 Å². The van der Waals surface area contributed by atoms with E-state index in [0.717, 1.165) is 31.0 Å². The van der Waals surface area contributed by atoms with E-state index in [4.69, 9.17) is 11.6 Å². The minimum atomic E-state index is 0.892. The molecular formula is C12H18ClN. The molecule has 0 aliphatic carbocycles. The average Bonchev–Trinajstić information content (AvgIpc) is 2.20. The Balaban J connectivity index is 2.21. The maximum atomic E-state index is 6.04. The first kappa shape index (κ1) is 11.5. The highest BCUT2D eigenvalue weighted by Crippen LogP contribution is 2.15. The lowest BCUT2D eigenvalue weighted by molar-refractivity contribution is 0.640. The lowest BCUT2D eigenvalue weighted by Crippen LogP contribution is -2.16. The van der Waals surface area contributed by atoms with Crippen LogP contribution in [0.5, 0.6) is 0 Å². The third kappa shape index (κ3) is 4.12. The van der Waals surface area contributed by atoms with E-state index in [1.165, 1.54) is 12.0 Å². The molecule has 0 aliphatic rings. The molecular weight excluding hydrogens is 194 g/mol. The van der Waals surface area contributed by atoms with Gasteiger partial charge in [-0.1, -0.05) is 36.7 Å². The van der Waals surface area contributed by atoms with Crippen LogP contribution in [0.4, 0.5) is 0 Å². The molecule has 0 radical (unpaired) electrons. The van der Waals surface area contributed by atoms with E-state index in [2.05, 4.69) is 18.3 Å². The van der Waals surface area contributed by atoms with Gasteiger partial charge in [-0.25, -0.2) is 0 Å². The van der Waals surface area contributed by atoms with E-state index >= 15 is 0 Å². The molecule has 1 nitrogen and oxygen atoms in total. The van der Waals surface area contributed by atoms with Gasteiger partial charge in [-0.15, -0.1) is 0 Å². The topological polar surface area (TPSA) is 12.0 Å². The second kappa shape index (κ2) is 6.86. The highest BCUT2D eigenvalue weighted by Gasteiger charge is 1.97. The fourth-order valence-electron chi connectivity index (χ4n) is 1.41. The highest BCUT2D eigenvalue weighted by atomic mass is 35.5. The Labute approximate surface area is 91.5 Å².